The van der Waals surface area contributed by atoms with Crippen LogP contribution >= 0.6 is 15.9 Å². The van der Waals surface area contributed by atoms with Gasteiger partial charge in [-0.3, -0.25) is 4.79 Å². The maximum atomic E-state index is 12.7. The molecule has 0 aliphatic rings. The van der Waals surface area contributed by atoms with Gasteiger partial charge >= 0.3 is 6.18 Å². The van der Waals surface area contributed by atoms with Gasteiger partial charge in [-0.25, -0.2) is 0 Å². The summed E-state index contributed by atoms with van der Waals surface area (Å²) in [6.45, 7) is 6.17. The molecule has 0 saturated heterocycles. The molecule has 1 aromatic rings. The van der Waals surface area contributed by atoms with Crippen LogP contribution in [0.5, 0.6) is 0 Å². The highest BCUT2D eigenvalue weighted by molar-refractivity contribution is 9.10. The highest BCUT2D eigenvalue weighted by Gasteiger charge is 2.33. The molecule has 106 valence electrons. The summed E-state index contributed by atoms with van der Waals surface area (Å²) >= 11 is 2.83. The molecule has 19 heavy (non-hydrogen) atoms. The van der Waals surface area contributed by atoms with E-state index in [-0.39, 0.29) is 15.5 Å². The van der Waals surface area contributed by atoms with Crippen LogP contribution in [0.3, 0.4) is 0 Å². The second-order valence-electron chi connectivity index (χ2n) is 5.44. The lowest BCUT2D eigenvalue weighted by molar-refractivity contribution is -0.138. The fraction of sp³-hybridized carbons (Fsp3) is 0.462. The van der Waals surface area contributed by atoms with Crippen molar-refractivity contribution >= 4 is 21.8 Å². The second kappa shape index (κ2) is 5.53. The Labute approximate surface area is 118 Å². The van der Waals surface area contributed by atoms with Crippen LogP contribution in [0.1, 0.15) is 36.7 Å². The lowest BCUT2D eigenvalue weighted by atomic mass is 9.97. The third-order valence-corrected chi connectivity index (χ3v) is 3.00. The van der Waals surface area contributed by atoms with Crippen LogP contribution in [0, 0.1) is 5.41 Å². The molecule has 0 radical (unpaired) electrons. The minimum Gasteiger partial charge on any atom is -0.352 e. The Morgan fingerprint density at radius 1 is 1.26 bits per heavy atom. The normalized spacial score (nSPS) is 12.4. The molecule has 0 spiro atoms. The summed E-state index contributed by atoms with van der Waals surface area (Å²) in [5.74, 6) is -0.507. The third kappa shape index (κ3) is 4.86. The van der Waals surface area contributed by atoms with E-state index in [2.05, 4.69) is 21.2 Å². The smallest absolute Gasteiger partial charge is 0.352 e. The van der Waals surface area contributed by atoms with Gasteiger partial charge in [-0.1, -0.05) is 36.7 Å². The Kier molecular flexibility index (Phi) is 4.66. The predicted molar refractivity (Wildman–Crippen MR) is 70.9 cm³/mol. The van der Waals surface area contributed by atoms with E-state index in [1.54, 1.807) is 0 Å². The number of halogens is 4. The summed E-state index contributed by atoms with van der Waals surface area (Å²) in [5.41, 5.74) is -0.978. The van der Waals surface area contributed by atoms with Gasteiger partial charge in [-0.15, -0.1) is 0 Å². The molecular formula is C13H15BrF3NO. The number of alkyl halides is 3. The number of hydrogen-bond donors (Lipinski definition) is 1. The van der Waals surface area contributed by atoms with E-state index in [1.807, 2.05) is 20.8 Å². The van der Waals surface area contributed by atoms with Crippen molar-refractivity contribution < 1.29 is 18.0 Å². The molecule has 1 amide bonds. The molecular weight excluding hydrogens is 323 g/mol. The van der Waals surface area contributed by atoms with Gasteiger partial charge in [0, 0.05) is 16.6 Å². The molecule has 0 aromatic heterocycles. The van der Waals surface area contributed by atoms with Crippen LogP contribution in [-0.2, 0) is 6.18 Å². The van der Waals surface area contributed by atoms with Crippen LogP contribution in [0.15, 0.2) is 22.7 Å². The Hall–Kier alpha value is -1.04. The first-order valence-electron chi connectivity index (χ1n) is 5.66. The van der Waals surface area contributed by atoms with Crippen molar-refractivity contribution in [2.45, 2.75) is 26.9 Å². The van der Waals surface area contributed by atoms with Crippen molar-refractivity contribution in [2.75, 3.05) is 6.54 Å². The third-order valence-electron chi connectivity index (χ3n) is 2.31. The van der Waals surface area contributed by atoms with E-state index in [0.717, 1.165) is 6.07 Å². The number of carbonyl (C=O) groups is 1. The number of rotatable bonds is 2. The van der Waals surface area contributed by atoms with Gasteiger partial charge in [0.15, 0.2) is 0 Å². The molecule has 0 atom stereocenters. The zero-order valence-corrected chi connectivity index (χ0v) is 12.4. The first kappa shape index (κ1) is 16.0. The molecule has 0 bridgehead atoms. The summed E-state index contributed by atoms with van der Waals surface area (Å²) in [7, 11) is 0. The molecule has 0 aliphatic heterocycles. The molecule has 1 rings (SSSR count). The summed E-state index contributed by atoms with van der Waals surface area (Å²) in [5, 5.41) is 2.62. The predicted octanol–water partition coefficient (Wildman–Crippen LogP) is 4.24. The van der Waals surface area contributed by atoms with E-state index in [0.29, 0.717) is 6.54 Å². The maximum Gasteiger partial charge on any atom is 0.417 e. The zero-order valence-electron chi connectivity index (χ0n) is 10.9. The molecule has 0 fully saturated rings. The van der Waals surface area contributed by atoms with Crippen molar-refractivity contribution in [3.63, 3.8) is 0 Å². The highest BCUT2D eigenvalue weighted by Crippen LogP contribution is 2.35. The van der Waals surface area contributed by atoms with Gasteiger partial charge in [0.25, 0.3) is 5.91 Å². The Balaban J connectivity index is 2.94. The SMILES string of the molecule is CC(C)(C)CNC(=O)c1ccc(Br)c(C(F)(F)F)c1. The topological polar surface area (TPSA) is 29.1 Å². The monoisotopic (exact) mass is 337 g/mol. The molecule has 0 aliphatic carbocycles. The molecule has 0 heterocycles. The summed E-state index contributed by atoms with van der Waals surface area (Å²) in [6, 6.07) is 3.44. The van der Waals surface area contributed by atoms with E-state index in [4.69, 9.17) is 0 Å². The lowest BCUT2D eigenvalue weighted by Crippen LogP contribution is -2.32. The van der Waals surface area contributed by atoms with Crippen molar-refractivity contribution in [1.82, 2.24) is 5.32 Å². The largest absolute Gasteiger partial charge is 0.417 e. The summed E-state index contributed by atoms with van der Waals surface area (Å²) in [6.07, 6.45) is -4.49. The number of hydrogen-bond acceptors (Lipinski definition) is 1. The summed E-state index contributed by atoms with van der Waals surface area (Å²) < 4.78 is 38.0. The molecule has 6 heteroatoms. The summed E-state index contributed by atoms with van der Waals surface area (Å²) in [4.78, 5) is 11.8. The quantitative estimate of drug-likeness (QED) is 0.858. The maximum absolute atomic E-state index is 12.7. The van der Waals surface area contributed by atoms with Crippen molar-refractivity contribution in [2.24, 2.45) is 5.41 Å². The highest BCUT2D eigenvalue weighted by atomic mass is 79.9. The second-order valence-corrected chi connectivity index (χ2v) is 6.29. The van der Waals surface area contributed by atoms with Crippen molar-refractivity contribution in [3.05, 3.63) is 33.8 Å². The molecule has 0 saturated carbocycles. The van der Waals surface area contributed by atoms with Crippen LogP contribution in [0.4, 0.5) is 13.2 Å². The van der Waals surface area contributed by atoms with E-state index in [1.165, 1.54) is 12.1 Å². The van der Waals surface area contributed by atoms with Crippen molar-refractivity contribution in [1.29, 1.82) is 0 Å². The first-order chi connectivity index (χ1) is 8.50. The average Bonchev–Trinajstić information content (AvgIpc) is 2.24. The van der Waals surface area contributed by atoms with Gasteiger partial charge in [-0.05, 0) is 23.6 Å². The van der Waals surface area contributed by atoms with Crippen molar-refractivity contribution in [3.8, 4) is 0 Å². The van der Waals surface area contributed by atoms with Crippen LogP contribution in [0.25, 0.3) is 0 Å². The van der Waals surface area contributed by atoms with E-state index >= 15 is 0 Å². The molecule has 1 aromatic carbocycles. The van der Waals surface area contributed by atoms with Crippen LogP contribution in [0.2, 0.25) is 0 Å². The van der Waals surface area contributed by atoms with Crippen LogP contribution in [-0.4, -0.2) is 12.5 Å². The minimum absolute atomic E-state index is 0.000208. The number of carbonyl (C=O) groups excluding carboxylic acids is 1. The standard InChI is InChI=1S/C13H15BrF3NO/c1-12(2,3)7-18-11(19)8-4-5-10(14)9(6-8)13(15,16)17/h4-6H,7H2,1-3H3,(H,18,19). The molecule has 2 nitrogen and oxygen atoms in total. The number of amides is 1. The fourth-order valence-electron chi connectivity index (χ4n) is 1.33. The van der Waals surface area contributed by atoms with E-state index in [9.17, 15) is 18.0 Å². The Bertz CT molecular complexity index is 478. The first-order valence-corrected chi connectivity index (χ1v) is 6.45. The number of nitrogens with one attached hydrogen (secondary N) is 1. The lowest BCUT2D eigenvalue weighted by Gasteiger charge is -2.19. The average molecular weight is 338 g/mol. The Morgan fingerprint density at radius 3 is 2.32 bits per heavy atom. The molecule has 0 unspecified atom stereocenters. The van der Waals surface area contributed by atoms with Gasteiger partial charge in [0.2, 0.25) is 0 Å². The fourth-order valence-corrected chi connectivity index (χ4v) is 1.80. The number of benzene rings is 1. The van der Waals surface area contributed by atoms with Gasteiger partial charge in [0.05, 0.1) is 5.56 Å². The van der Waals surface area contributed by atoms with Crippen LogP contribution < -0.4 is 5.32 Å². The minimum atomic E-state index is -4.49. The molecule has 1 N–H and O–H groups in total. The van der Waals surface area contributed by atoms with Gasteiger partial charge in [0.1, 0.15) is 0 Å². The van der Waals surface area contributed by atoms with Gasteiger partial charge in [-0.2, -0.15) is 13.2 Å². The Morgan fingerprint density at radius 2 is 1.84 bits per heavy atom. The van der Waals surface area contributed by atoms with E-state index < -0.39 is 17.6 Å². The zero-order chi connectivity index (χ0) is 14.8. The van der Waals surface area contributed by atoms with Gasteiger partial charge < -0.3 is 5.32 Å².